The first-order valence-corrected chi connectivity index (χ1v) is 9.49. The van der Waals surface area contributed by atoms with Gasteiger partial charge in [-0.2, -0.15) is 14.6 Å². The van der Waals surface area contributed by atoms with Crippen molar-refractivity contribution in [3.8, 4) is 6.07 Å². The van der Waals surface area contributed by atoms with Gasteiger partial charge in [-0.3, -0.25) is 0 Å². The molecule has 1 aromatic heterocycles. The number of hydrogen-bond acceptors (Lipinski definition) is 7. The van der Waals surface area contributed by atoms with Gasteiger partial charge in [-0.15, -0.1) is 0 Å². The zero-order valence-electron chi connectivity index (χ0n) is 13.7. The summed E-state index contributed by atoms with van der Waals surface area (Å²) in [5.74, 6) is 0.286. The standard InChI is InChI=1S/C16H18N4O4S/c1-2-14-18-15(24-19-14)16(21)6-7-20(11-16)25(22,23)10-13-5-3-4-12(8-13)9-17/h3-5,8,21H,2,6-7,10-11H2,1H3/t16-/m0/s1. The molecule has 25 heavy (non-hydrogen) atoms. The number of aliphatic hydroxyl groups is 1. The largest absolute Gasteiger partial charge is 0.379 e. The third-order valence-corrected chi connectivity index (χ3v) is 5.99. The van der Waals surface area contributed by atoms with E-state index in [4.69, 9.17) is 9.78 Å². The molecule has 0 amide bonds. The molecule has 2 aromatic rings. The first-order chi connectivity index (χ1) is 11.9. The molecule has 9 heteroatoms. The van der Waals surface area contributed by atoms with Gasteiger partial charge in [0.2, 0.25) is 10.0 Å². The first-order valence-electron chi connectivity index (χ1n) is 7.88. The lowest BCUT2D eigenvalue weighted by Gasteiger charge is -2.19. The normalized spacial score (nSPS) is 21.3. The van der Waals surface area contributed by atoms with Gasteiger partial charge in [0.15, 0.2) is 11.4 Å². The molecule has 132 valence electrons. The average Bonchev–Trinajstić information content (AvgIpc) is 3.22. The fraction of sp³-hybridized carbons (Fsp3) is 0.438. The van der Waals surface area contributed by atoms with Crippen LogP contribution in [0.1, 0.15) is 36.2 Å². The maximum atomic E-state index is 12.6. The van der Waals surface area contributed by atoms with Crippen LogP contribution in [-0.2, 0) is 27.8 Å². The van der Waals surface area contributed by atoms with E-state index >= 15 is 0 Å². The molecule has 0 bridgehead atoms. The molecule has 1 N–H and O–H groups in total. The Balaban J connectivity index is 1.76. The second-order valence-corrected chi connectivity index (χ2v) is 8.02. The van der Waals surface area contributed by atoms with Crippen LogP contribution >= 0.6 is 0 Å². The number of hydrogen-bond donors (Lipinski definition) is 1. The summed E-state index contributed by atoms with van der Waals surface area (Å²) in [6.45, 7) is 1.90. The smallest absolute Gasteiger partial charge is 0.260 e. The van der Waals surface area contributed by atoms with Crippen LogP contribution in [0.3, 0.4) is 0 Å². The number of sulfonamides is 1. The van der Waals surface area contributed by atoms with Crippen molar-refractivity contribution >= 4 is 10.0 Å². The predicted molar refractivity (Wildman–Crippen MR) is 87.5 cm³/mol. The van der Waals surface area contributed by atoms with Gasteiger partial charge >= 0.3 is 0 Å². The average molecular weight is 362 g/mol. The Morgan fingerprint density at radius 2 is 2.28 bits per heavy atom. The van der Waals surface area contributed by atoms with Gasteiger partial charge in [0.1, 0.15) is 0 Å². The lowest BCUT2D eigenvalue weighted by molar-refractivity contribution is 0.0194. The number of aromatic nitrogens is 2. The third-order valence-electron chi connectivity index (χ3n) is 4.19. The maximum absolute atomic E-state index is 12.6. The van der Waals surface area contributed by atoms with E-state index < -0.39 is 15.6 Å². The second-order valence-electron chi connectivity index (χ2n) is 6.05. The molecule has 1 atom stereocenters. The summed E-state index contributed by atoms with van der Waals surface area (Å²) in [4.78, 5) is 4.12. The van der Waals surface area contributed by atoms with Gasteiger partial charge in [-0.1, -0.05) is 24.2 Å². The van der Waals surface area contributed by atoms with Crippen molar-refractivity contribution in [1.82, 2.24) is 14.4 Å². The summed E-state index contributed by atoms with van der Waals surface area (Å²) >= 11 is 0. The molecule has 0 saturated carbocycles. The summed E-state index contributed by atoms with van der Waals surface area (Å²) in [6.07, 6.45) is 0.757. The van der Waals surface area contributed by atoms with Crippen LogP contribution < -0.4 is 0 Å². The first kappa shape index (κ1) is 17.5. The van der Waals surface area contributed by atoms with E-state index in [0.717, 1.165) is 0 Å². The lowest BCUT2D eigenvalue weighted by atomic mass is 10.0. The molecule has 8 nitrogen and oxygen atoms in total. The molecule has 1 fully saturated rings. The summed E-state index contributed by atoms with van der Waals surface area (Å²) < 4.78 is 31.6. The van der Waals surface area contributed by atoms with E-state index in [2.05, 4.69) is 10.1 Å². The Morgan fingerprint density at radius 3 is 2.96 bits per heavy atom. The molecule has 0 aliphatic carbocycles. The van der Waals surface area contributed by atoms with E-state index in [0.29, 0.717) is 23.4 Å². The topological polar surface area (TPSA) is 120 Å². The third kappa shape index (κ3) is 3.56. The van der Waals surface area contributed by atoms with Gasteiger partial charge in [0.05, 0.1) is 23.9 Å². The molecule has 1 aliphatic rings. The Kier molecular flexibility index (Phi) is 4.60. The molecule has 1 aliphatic heterocycles. The quantitative estimate of drug-likeness (QED) is 0.840. The van der Waals surface area contributed by atoms with Gasteiger partial charge < -0.3 is 9.63 Å². The van der Waals surface area contributed by atoms with Crippen LogP contribution in [0.25, 0.3) is 0 Å². The Labute approximate surface area is 145 Å². The lowest BCUT2D eigenvalue weighted by Crippen LogP contribution is -2.35. The van der Waals surface area contributed by atoms with Gasteiger partial charge in [-0.25, -0.2) is 8.42 Å². The van der Waals surface area contributed by atoms with Crippen LogP contribution in [0.4, 0.5) is 0 Å². The Hall–Kier alpha value is -2.28. The van der Waals surface area contributed by atoms with Crippen LogP contribution in [0.15, 0.2) is 28.8 Å². The van der Waals surface area contributed by atoms with Crippen molar-refractivity contribution in [2.75, 3.05) is 13.1 Å². The minimum Gasteiger partial charge on any atom is -0.379 e. The minimum atomic E-state index is -3.64. The number of rotatable bonds is 5. The van der Waals surface area contributed by atoms with E-state index in [-0.39, 0.29) is 31.2 Å². The van der Waals surface area contributed by atoms with E-state index in [1.807, 2.05) is 13.0 Å². The molecule has 1 aromatic carbocycles. The Morgan fingerprint density at radius 1 is 1.48 bits per heavy atom. The highest BCUT2D eigenvalue weighted by atomic mass is 32.2. The van der Waals surface area contributed by atoms with Crippen molar-refractivity contribution < 1.29 is 18.0 Å². The van der Waals surface area contributed by atoms with Crippen LogP contribution in [0, 0.1) is 11.3 Å². The fourth-order valence-electron chi connectivity index (χ4n) is 2.79. The van der Waals surface area contributed by atoms with Crippen molar-refractivity contribution in [1.29, 1.82) is 5.26 Å². The van der Waals surface area contributed by atoms with Gasteiger partial charge in [0, 0.05) is 19.4 Å². The monoisotopic (exact) mass is 362 g/mol. The summed E-state index contributed by atoms with van der Waals surface area (Å²) in [5.41, 5.74) is -0.536. The highest BCUT2D eigenvalue weighted by Gasteiger charge is 2.46. The fourth-order valence-corrected chi connectivity index (χ4v) is 4.35. The second kappa shape index (κ2) is 6.55. The Bertz CT molecular complexity index is 918. The SMILES string of the molecule is CCc1noc([C@]2(O)CCN(S(=O)(=O)Cc3cccc(C#N)c3)C2)n1. The molecule has 0 spiro atoms. The molecule has 0 radical (unpaired) electrons. The number of aryl methyl sites for hydroxylation is 1. The number of β-amino-alcohol motifs (C(OH)–C–C–N with tert-alkyl or cyclic N) is 1. The predicted octanol–water partition coefficient (Wildman–Crippen LogP) is 0.927. The minimum absolute atomic E-state index is 0.0496. The number of nitrogens with zero attached hydrogens (tertiary/aromatic N) is 4. The summed E-state index contributed by atoms with van der Waals surface area (Å²) in [6, 6.07) is 8.46. The molecular weight excluding hydrogens is 344 g/mol. The number of nitriles is 1. The summed E-state index contributed by atoms with van der Waals surface area (Å²) in [5, 5.41) is 23.4. The van der Waals surface area contributed by atoms with Gasteiger partial charge in [-0.05, 0) is 17.7 Å². The zero-order chi connectivity index (χ0) is 18.1. The van der Waals surface area contributed by atoms with E-state index in [1.54, 1.807) is 24.3 Å². The molecule has 3 rings (SSSR count). The molecule has 1 saturated heterocycles. The zero-order valence-corrected chi connectivity index (χ0v) is 14.5. The van der Waals surface area contributed by atoms with Crippen molar-refractivity contribution in [2.45, 2.75) is 31.1 Å². The maximum Gasteiger partial charge on any atom is 0.260 e. The van der Waals surface area contributed by atoms with Crippen LogP contribution in [0.2, 0.25) is 0 Å². The van der Waals surface area contributed by atoms with Gasteiger partial charge in [0.25, 0.3) is 5.89 Å². The molecule has 0 unspecified atom stereocenters. The van der Waals surface area contributed by atoms with Crippen molar-refractivity contribution in [2.24, 2.45) is 0 Å². The summed E-state index contributed by atoms with van der Waals surface area (Å²) in [7, 11) is -3.64. The van der Waals surface area contributed by atoms with E-state index in [9.17, 15) is 13.5 Å². The van der Waals surface area contributed by atoms with E-state index in [1.165, 1.54) is 4.31 Å². The van der Waals surface area contributed by atoms with Crippen LogP contribution in [0.5, 0.6) is 0 Å². The van der Waals surface area contributed by atoms with Crippen LogP contribution in [-0.4, -0.2) is 41.1 Å². The highest BCUT2D eigenvalue weighted by molar-refractivity contribution is 7.88. The molecular formula is C16H18N4O4S. The number of benzene rings is 1. The van der Waals surface area contributed by atoms with Crippen molar-refractivity contribution in [3.05, 3.63) is 47.1 Å². The highest BCUT2D eigenvalue weighted by Crippen LogP contribution is 2.33. The molecule has 2 heterocycles. The van der Waals surface area contributed by atoms with Crippen molar-refractivity contribution in [3.63, 3.8) is 0 Å².